The van der Waals surface area contributed by atoms with E-state index in [1.807, 2.05) is 37.0 Å². The summed E-state index contributed by atoms with van der Waals surface area (Å²) >= 11 is 0. The summed E-state index contributed by atoms with van der Waals surface area (Å²) in [6.45, 7) is 15.8. The molecule has 2 heterocycles. The fourth-order valence-corrected chi connectivity index (χ4v) is 6.20. The average molecular weight is 624 g/mol. The van der Waals surface area contributed by atoms with E-state index in [-0.39, 0.29) is 35.8 Å². The summed E-state index contributed by atoms with van der Waals surface area (Å²) in [5.74, 6) is -1.75. The Hall–Kier alpha value is -3.50. The van der Waals surface area contributed by atoms with E-state index in [4.69, 9.17) is 4.74 Å². The summed E-state index contributed by atoms with van der Waals surface area (Å²) in [4.78, 5) is 55.6. The first-order chi connectivity index (χ1) is 21.5. The quantitative estimate of drug-likeness (QED) is 0.268. The second-order valence-electron chi connectivity index (χ2n) is 12.6. The number of ether oxygens (including phenoxy) is 1. The molecule has 0 spiro atoms. The number of hydrogen-bond donors (Lipinski definition) is 3. The molecule has 2 saturated heterocycles. The number of piperidine rings is 1. The lowest BCUT2D eigenvalue weighted by molar-refractivity contribution is -0.147. The number of likely N-dealkylation sites (tertiary alicyclic amines) is 1. The standard InChI is InChI=1S/C35H53N5O5/c1-8-10-19-30(45-7)24(5)32(41)37-31(23(3)4)33(42)36-25(6)34(43)40-21-14-17-28(38-40)35(44)39-20-12-11-18-29(39)27-16-13-15-26(9-2)22-27/h8-9,13,15-16,22-25,28-31,38H,1-2,10-12,14,17-21H2,3-7H3,(H,36,42)(H,37,41)/t24-,25+,28+,29?,30-,31+/m1/s1. The van der Waals surface area contributed by atoms with E-state index in [1.165, 1.54) is 5.01 Å². The zero-order valence-electron chi connectivity index (χ0n) is 27.7. The molecular weight excluding hydrogens is 570 g/mol. The van der Waals surface area contributed by atoms with Crippen molar-refractivity contribution in [3.63, 3.8) is 0 Å². The Morgan fingerprint density at radius 2 is 1.78 bits per heavy atom. The van der Waals surface area contributed by atoms with E-state index in [0.717, 1.165) is 30.4 Å². The van der Waals surface area contributed by atoms with Gasteiger partial charge in [0.2, 0.25) is 17.7 Å². The van der Waals surface area contributed by atoms with Crippen molar-refractivity contribution in [3.8, 4) is 0 Å². The van der Waals surface area contributed by atoms with Crippen molar-refractivity contribution in [2.45, 2.75) is 103 Å². The number of hydrogen-bond acceptors (Lipinski definition) is 6. The number of rotatable bonds is 14. The topological polar surface area (TPSA) is 120 Å². The van der Waals surface area contributed by atoms with Gasteiger partial charge in [0.15, 0.2) is 0 Å². The number of carbonyl (C=O) groups is 4. The van der Waals surface area contributed by atoms with Gasteiger partial charge in [-0.2, -0.15) is 0 Å². The molecule has 2 fully saturated rings. The Morgan fingerprint density at radius 3 is 2.44 bits per heavy atom. The van der Waals surface area contributed by atoms with Crippen molar-refractivity contribution in [2.24, 2.45) is 11.8 Å². The van der Waals surface area contributed by atoms with E-state index < -0.39 is 30.0 Å². The van der Waals surface area contributed by atoms with Crippen LogP contribution in [-0.4, -0.2) is 78.0 Å². The molecular formula is C35H53N5O5. The highest BCUT2D eigenvalue weighted by Crippen LogP contribution is 2.32. The monoisotopic (exact) mass is 623 g/mol. The molecule has 6 atom stereocenters. The Labute approximate surface area is 269 Å². The molecule has 1 aromatic carbocycles. The van der Waals surface area contributed by atoms with Crippen LogP contribution in [0.4, 0.5) is 0 Å². The average Bonchev–Trinajstić information content (AvgIpc) is 3.06. The SMILES string of the molecule is C=CCC[C@@H](OC)[C@@H](C)C(=O)N[C@H](C(=O)N[C@@H](C)C(=O)N1CCC[C@@H](C(=O)N2CCCCC2c2cccc(C=C)c2)N1)C(C)C. The van der Waals surface area contributed by atoms with Gasteiger partial charge in [0.1, 0.15) is 18.1 Å². The Kier molecular flexibility index (Phi) is 13.8. The van der Waals surface area contributed by atoms with E-state index in [2.05, 4.69) is 41.3 Å². The minimum absolute atomic E-state index is 0.0166. The van der Waals surface area contributed by atoms with Crippen molar-refractivity contribution >= 4 is 29.7 Å². The third kappa shape index (κ3) is 9.50. The first-order valence-corrected chi connectivity index (χ1v) is 16.4. The number of nitrogens with zero attached hydrogens (tertiary/aromatic N) is 2. The first kappa shape index (κ1) is 36.0. The zero-order valence-corrected chi connectivity index (χ0v) is 27.7. The van der Waals surface area contributed by atoms with Crippen LogP contribution in [0.25, 0.3) is 6.08 Å². The number of carbonyl (C=O) groups excluding carboxylic acids is 4. The number of benzene rings is 1. The van der Waals surface area contributed by atoms with Crippen LogP contribution >= 0.6 is 0 Å². The van der Waals surface area contributed by atoms with Gasteiger partial charge in [-0.25, -0.2) is 5.43 Å². The largest absolute Gasteiger partial charge is 0.381 e. The number of methoxy groups -OCH3 is 1. The summed E-state index contributed by atoms with van der Waals surface area (Å²) in [6, 6.07) is 5.89. The lowest BCUT2D eigenvalue weighted by atomic mass is 9.93. The van der Waals surface area contributed by atoms with Gasteiger partial charge in [-0.1, -0.05) is 57.7 Å². The predicted molar refractivity (Wildman–Crippen MR) is 176 cm³/mol. The van der Waals surface area contributed by atoms with Crippen LogP contribution in [-0.2, 0) is 23.9 Å². The first-order valence-electron chi connectivity index (χ1n) is 16.4. The van der Waals surface area contributed by atoms with Gasteiger partial charge in [0, 0.05) is 20.2 Å². The molecule has 10 heteroatoms. The number of amides is 4. The molecule has 4 amide bonds. The van der Waals surface area contributed by atoms with E-state index >= 15 is 0 Å². The normalized spacial score (nSPS) is 21.3. The molecule has 248 valence electrons. The molecule has 3 rings (SSSR count). The lowest BCUT2D eigenvalue weighted by Gasteiger charge is -2.41. The molecule has 1 aromatic rings. The maximum atomic E-state index is 13.8. The van der Waals surface area contributed by atoms with Gasteiger partial charge < -0.3 is 20.3 Å². The fourth-order valence-electron chi connectivity index (χ4n) is 6.20. The van der Waals surface area contributed by atoms with Crippen LogP contribution < -0.4 is 16.1 Å². The van der Waals surface area contributed by atoms with Crippen LogP contribution in [0.3, 0.4) is 0 Å². The van der Waals surface area contributed by atoms with Crippen LogP contribution in [0.15, 0.2) is 43.5 Å². The van der Waals surface area contributed by atoms with Crippen molar-refractivity contribution < 1.29 is 23.9 Å². The molecule has 0 bridgehead atoms. The Bertz CT molecular complexity index is 1200. The lowest BCUT2D eigenvalue weighted by Crippen LogP contribution is -2.62. The molecule has 45 heavy (non-hydrogen) atoms. The van der Waals surface area contributed by atoms with Gasteiger partial charge in [-0.15, -0.1) is 6.58 Å². The summed E-state index contributed by atoms with van der Waals surface area (Å²) in [5.41, 5.74) is 5.28. The molecule has 0 aromatic heterocycles. The molecule has 0 saturated carbocycles. The maximum absolute atomic E-state index is 13.8. The van der Waals surface area contributed by atoms with Gasteiger partial charge in [-0.05, 0) is 75.0 Å². The van der Waals surface area contributed by atoms with E-state index in [1.54, 1.807) is 27.0 Å². The van der Waals surface area contributed by atoms with Gasteiger partial charge in [0.25, 0.3) is 5.91 Å². The predicted octanol–water partition coefficient (Wildman–Crippen LogP) is 4.14. The zero-order chi connectivity index (χ0) is 33.1. The van der Waals surface area contributed by atoms with Crippen LogP contribution in [0.1, 0.15) is 89.8 Å². The number of nitrogens with one attached hydrogen (secondary N) is 3. The minimum Gasteiger partial charge on any atom is -0.381 e. The highest BCUT2D eigenvalue weighted by Gasteiger charge is 2.37. The third-order valence-corrected chi connectivity index (χ3v) is 8.97. The van der Waals surface area contributed by atoms with E-state index in [0.29, 0.717) is 38.8 Å². The van der Waals surface area contributed by atoms with Crippen molar-refractivity contribution in [1.82, 2.24) is 26.0 Å². The molecule has 10 nitrogen and oxygen atoms in total. The summed E-state index contributed by atoms with van der Waals surface area (Å²) in [7, 11) is 1.57. The van der Waals surface area contributed by atoms with E-state index in [9.17, 15) is 19.2 Å². The van der Waals surface area contributed by atoms with Crippen LogP contribution in [0, 0.1) is 11.8 Å². The highest BCUT2D eigenvalue weighted by atomic mass is 16.5. The molecule has 0 aliphatic carbocycles. The number of allylic oxidation sites excluding steroid dienone is 1. The maximum Gasteiger partial charge on any atom is 0.258 e. The summed E-state index contributed by atoms with van der Waals surface area (Å²) in [5, 5.41) is 7.12. The van der Waals surface area contributed by atoms with Gasteiger partial charge in [0.05, 0.1) is 18.1 Å². The van der Waals surface area contributed by atoms with Crippen molar-refractivity contribution in [1.29, 1.82) is 0 Å². The highest BCUT2D eigenvalue weighted by molar-refractivity contribution is 5.92. The van der Waals surface area contributed by atoms with Gasteiger partial charge >= 0.3 is 0 Å². The van der Waals surface area contributed by atoms with Crippen molar-refractivity contribution in [3.05, 3.63) is 54.6 Å². The number of hydrazine groups is 1. The Balaban J connectivity index is 1.62. The molecule has 3 N–H and O–H groups in total. The minimum atomic E-state index is -0.863. The van der Waals surface area contributed by atoms with Crippen LogP contribution in [0.5, 0.6) is 0 Å². The second-order valence-corrected chi connectivity index (χ2v) is 12.6. The van der Waals surface area contributed by atoms with Gasteiger partial charge in [-0.3, -0.25) is 24.2 Å². The molecule has 2 aliphatic rings. The molecule has 0 radical (unpaired) electrons. The summed E-state index contributed by atoms with van der Waals surface area (Å²) < 4.78 is 5.51. The fraction of sp³-hybridized carbons (Fsp3) is 0.600. The second kappa shape index (κ2) is 17.3. The third-order valence-electron chi connectivity index (χ3n) is 8.97. The molecule has 1 unspecified atom stereocenters. The van der Waals surface area contributed by atoms with Crippen LogP contribution in [0.2, 0.25) is 0 Å². The smallest absolute Gasteiger partial charge is 0.258 e. The van der Waals surface area contributed by atoms with Crippen molar-refractivity contribution in [2.75, 3.05) is 20.2 Å². The summed E-state index contributed by atoms with van der Waals surface area (Å²) in [6.07, 6.45) is 8.79. The molecule has 2 aliphatic heterocycles. The Morgan fingerprint density at radius 1 is 1.02 bits per heavy atom.